The Kier molecular flexibility index (Phi) is 5.70. The summed E-state index contributed by atoms with van der Waals surface area (Å²) in [7, 11) is 1.59. The summed E-state index contributed by atoms with van der Waals surface area (Å²) in [4.78, 5) is 35.9. The highest BCUT2D eigenvalue weighted by atomic mass is 16.5. The van der Waals surface area contributed by atoms with E-state index in [4.69, 9.17) is 14.0 Å². The first-order chi connectivity index (χ1) is 13.0. The van der Waals surface area contributed by atoms with Crippen LogP contribution in [0.2, 0.25) is 0 Å². The standard InChI is InChI=1S/C18H19N3O6/c1-25-14-4-2-12(3-5-14)15-10-13(20-27-15)11-26-17(23)7-9-21-8-6-16(22)19-18(21)24/h2-5,10H,6-9,11H2,1H3,(H,19,22,24). The van der Waals surface area contributed by atoms with E-state index in [2.05, 4.69) is 10.5 Å². The number of imide groups is 1. The van der Waals surface area contributed by atoms with E-state index in [-0.39, 0.29) is 31.9 Å². The van der Waals surface area contributed by atoms with Crippen molar-refractivity contribution in [1.82, 2.24) is 15.4 Å². The molecule has 9 heteroatoms. The summed E-state index contributed by atoms with van der Waals surface area (Å²) in [5.41, 5.74) is 1.31. The van der Waals surface area contributed by atoms with Gasteiger partial charge in [0.25, 0.3) is 0 Å². The molecule has 0 saturated carbocycles. The van der Waals surface area contributed by atoms with Crippen LogP contribution in [0, 0.1) is 0 Å². The SMILES string of the molecule is COc1ccc(-c2cc(COC(=O)CCN3CCC(=O)NC3=O)no2)cc1. The predicted molar refractivity (Wildman–Crippen MR) is 92.6 cm³/mol. The lowest BCUT2D eigenvalue weighted by molar-refractivity contribution is -0.145. The largest absolute Gasteiger partial charge is 0.497 e. The number of urea groups is 1. The minimum absolute atomic E-state index is 0.0246. The van der Waals surface area contributed by atoms with Crippen molar-refractivity contribution in [2.45, 2.75) is 19.4 Å². The second-order valence-corrected chi connectivity index (χ2v) is 5.91. The fourth-order valence-electron chi connectivity index (χ4n) is 2.54. The number of ether oxygens (including phenoxy) is 2. The molecular formula is C18H19N3O6. The molecule has 0 bridgehead atoms. The van der Waals surface area contributed by atoms with Crippen LogP contribution in [0.15, 0.2) is 34.9 Å². The van der Waals surface area contributed by atoms with Gasteiger partial charge in [0.15, 0.2) is 5.76 Å². The van der Waals surface area contributed by atoms with Gasteiger partial charge in [-0.25, -0.2) is 4.79 Å². The van der Waals surface area contributed by atoms with Crippen LogP contribution in [0.1, 0.15) is 18.5 Å². The Morgan fingerprint density at radius 1 is 1.30 bits per heavy atom. The molecule has 1 aliphatic rings. The van der Waals surface area contributed by atoms with Crippen molar-refractivity contribution in [3.63, 3.8) is 0 Å². The first-order valence-corrected chi connectivity index (χ1v) is 8.39. The molecule has 1 aliphatic heterocycles. The van der Waals surface area contributed by atoms with Gasteiger partial charge in [-0.2, -0.15) is 0 Å². The molecule has 27 heavy (non-hydrogen) atoms. The summed E-state index contributed by atoms with van der Waals surface area (Å²) in [5, 5.41) is 6.08. The zero-order valence-corrected chi connectivity index (χ0v) is 14.8. The second kappa shape index (κ2) is 8.35. The number of benzene rings is 1. The lowest BCUT2D eigenvalue weighted by atomic mass is 10.1. The first kappa shape index (κ1) is 18.4. The number of hydrogen-bond acceptors (Lipinski definition) is 7. The minimum atomic E-state index is -0.486. The monoisotopic (exact) mass is 373 g/mol. The van der Waals surface area contributed by atoms with Gasteiger partial charge in [-0.3, -0.25) is 14.9 Å². The van der Waals surface area contributed by atoms with E-state index in [0.29, 0.717) is 18.0 Å². The molecule has 0 radical (unpaired) electrons. The van der Waals surface area contributed by atoms with Gasteiger partial charge in [0.2, 0.25) is 5.91 Å². The Morgan fingerprint density at radius 2 is 2.07 bits per heavy atom. The summed E-state index contributed by atoms with van der Waals surface area (Å²) in [6, 6.07) is 8.50. The van der Waals surface area contributed by atoms with E-state index in [1.807, 2.05) is 24.3 Å². The Labute approximate surface area is 155 Å². The van der Waals surface area contributed by atoms with Gasteiger partial charge in [0.1, 0.15) is 18.1 Å². The maximum Gasteiger partial charge on any atom is 0.324 e. The van der Waals surface area contributed by atoms with Gasteiger partial charge >= 0.3 is 12.0 Å². The molecule has 1 aromatic carbocycles. The maximum absolute atomic E-state index is 11.9. The van der Waals surface area contributed by atoms with E-state index < -0.39 is 12.0 Å². The fraction of sp³-hybridized carbons (Fsp3) is 0.333. The third-order valence-electron chi connectivity index (χ3n) is 4.04. The van der Waals surface area contributed by atoms with Gasteiger partial charge in [0, 0.05) is 31.1 Å². The van der Waals surface area contributed by atoms with Gasteiger partial charge < -0.3 is 18.9 Å². The Morgan fingerprint density at radius 3 is 2.78 bits per heavy atom. The second-order valence-electron chi connectivity index (χ2n) is 5.91. The Balaban J connectivity index is 1.46. The molecule has 1 saturated heterocycles. The van der Waals surface area contributed by atoms with Crippen LogP contribution in [0.4, 0.5) is 4.79 Å². The van der Waals surface area contributed by atoms with Gasteiger partial charge in [-0.1, -0.05) is 5.16 Å². The third-order valence-corrected chi connectivity index (χ3v) is 4.04. The number of esters is 1. The Hall–Kier alpha value is -3.36. The molecule has 142 valence electrons. The van der Waals surface area contributed by atoms with E-state index in [9.17, 15) is 14.4 Å². The van der Waals surface area contributed by atoms with Crippen molar-refractivity contribution in [2.75, 3.05) is 20.2 Å². The number of methoxy groups -OCH3 is 1. The average Bonchev–Trinajstić information content (AvgIpc) is 3.15. The molecule has 0 atom stereocenters. The Bertz CT molecular complexity index is 830. The van der Waals surface area contributed by atoms with Gasteiger partial charge in [0.05, 0.1) is 13.5 Å². The quantitative estimate of drug-likeness (QED) is 0.736. The predicted octanol–water partition coefficient (Wildman–Crippen LogP) is 1.73. The van der Waals surface area contributed by atoms with Gasteiger partial charge in [-0.05, 0) is 24.3 Å². The van der Waals surface area contributed by atoms with Crippen LogP contribution in [-0.4, -0.2) is 48.2 Å². The molecule has 1 aromatic heterocycles. The highest BCUT2D eigenvalue weighted by molar-refractivity contribution is 5.96. The third kappa shape index (κ3) is 4.84. The zero-order valence-electron chi connectivity index (χ0n) is 14.8. The molecule has 1 N–H and O–H groups in total. The van der Waals surface area contributed by atoms with Crippen LogP contribution in [0.25, 0.3) is 11.3 Å². The number of hydrogen-bond donors (Lipinski definition) is 1. The van der Waals surface area contributed by atoms with Crippen LogP contribution >= 0.6 is 0 Å². The average molecular weight is 373 g/mol. The smallest absolute Gasteiger partial charge is 0.324 e. The van der Waals surface area contributed by atoms with E-state index in [0.717, 1.165) is 11.3 Å². The number of nitrogens with zero attached hydrogens (tertiary/aromatic N) is 2. The lowest BCUT2D eigenvalue weighted by Gasteiger charge is -2.25. The van der Waals surface area contributed by atoms with Crippen molar-refractivity contribution < 1.29 is 28.4 Å². The summed E-state index contributed by atoms with van der Waals surface area (Å²) >= 11 is 0. The number of rotatable bonds is 7. The number of aromatic nitrogens is 1. The molecule has 3 rings (SSSR count). The van der Waals surface area contributed by atoms with Gasteiger partial charge in [-0.15, -0.1) is 0 Å². The fourth-order valence-corrected chi connectivity index (χ4v) is 2.54. The van der Waals surface area contributed by atoms with Crippen molar-refractivity contribution in [2.24, 2.45) is 0 Å². The van der Waals surface area contributed by atoms with Crippen molar-refractivity contribution in [3.8, 4) is 17.1 Å². The minimum Gasteiger partial charge on any atom is -0.497 e. The number of amides is 3. The highest BCUT2D eigenvalue weighted by Crippen LogP contribution is 2.23. The molecule has 2 aromatic rings. The highest BCUT2D eigenvalue weighted by Gasteiger charge is 2.23. The first-order valence-electron chi connectivity index (χ1n) is 8.39. The normalized spacial score (nSPS) is 14.0. The zero-order chi connectivity index (χ0) is 19.2. The number of carbonyl (C=O) groups is 3. The van der Waals surface area contributed by atoms with Crippen molar-refractivity contribution in [1.29, 1.82) is 0 Å². The molecule has 0 unspecified atom stereocenters. The van der Waals surface area contributed by atoms with Crippen LogP contribution < -0.4 is 10.1 Å². The number of carbonyl (C=O) groups excluding carboxylic acids is 3. The van der Waals surface area contributed by atoms with Crippen LogP contribution in [-0.2, 0) is 20.9 Å². The number of nitrogens with one attached hydrogen (secondary N) is 1. The summed E-state index contributed by atoms with van der Waals surface area (Å²) in [5.74, 6) is 0.517. The van der Waals surface area contributed by atoms with Crippen LogP contribution in [0.3, 0.4) is 0 Å². The van der Waals surface area contributed by atoms with Crippen LogP contribution in [0.5, 0.6) is 5.75 Å². The van der Waals surface area contributed by atoms with E-state index in [1.54, 1.807) is 13.2 Å². The van der Waals surface area contributed by atoms with Crippen molar-refractivity contribution >= 4 is 17.9 Å². The van der Waals surface area contributed by atoms with Crippen molar-refractivity contribution in [3.05, 3.63) is 36.0 Å². The lowest BCUT2D eigenvalue weighted by Crippen LogP contribution is -2.49. The van der Waals surface area contributed by atoms with E-state index in [1.165, 1.54) is 4.90 Å². The molecule has 9 nitrogen and oxygen atoms in total. The maximum atomic E-state index is 11.9. The molecule has 1 fully saturated rings. The molecule has 0 aliphatic carbocycles. The molecule has 0 spiro atoms. The van der Waals surface area contributed by atoms with E-state index >= 15 is 0 Å². The molecule has 3 amide bonds. The molecular weight excluding hydrogens is 354 g/mol. The summed E-state index contributed by atoms with van der Waals surface area (Å²) in [6.45, 7) is 0.462. The summed E-state index contributed by atoms with van der Waals surface area (Å²) in [6.07, 6.45) is 0.263. The molecule has 2 heterocycles. The topological polar surface area (TPSA) is 111 Å². The summed E-state index contributed by atoms with van der Waals surface area (Å²) < 4.78 is 15.5.